The first-order valence-electron chi connectivity index (χ1n) is 7.77. The second-order valence-electron chi connectivity index (χ2n) is 5.27. The summed E-state index contributed by atoms with van der Waals surface area (Å²) in [5, 5.41) is 9.74. The predicted molar refractivity (Wildman–Crippen MR) is 94.6 cm³/mol. The summed E-state index contributed by atoms with van der Waals surface area (Å²) in [5.41, 5.74) is 2.13. The minimum Gasteiger partial charge on any atom is -0.356 e. The summed E-state index contributed by atoms with van der Waals surface area (Å²) in [5.74, 6) is 0.612. The van der Waals surface area contributed by atoms with E-state index in [1.165, 1.54) is 6.07 Å². The molecule has 0 aliphatic heterocycles. The van der Waals surface area contributed by atoms with E-state index in [2.05, 4.69) is 26.0 Å². The lowest BCUT2D eigenvalue weighted by Crippen LogP contribution is -2.38. The highest BCUT2D eigenvalue weighted by Crippen LogP contribution is 2.08. The van der Waals surface area contributed by atoms with E-state index in [-0.39, 0.29) is 5.82 Å². The predicted octanol–water partition coefficient (Wildman–Crippen LogP) is 2.93. The fourth-order valence-corrected chi connectivity index (χ4v) is 2.89. The van der Waals surface area contributed by atoms with Crippen LogP contribution in [-0.2, 0) is 12.8 Å². The molecule has 1 aromatic heterocycles. The lowest BCUT2D eigenvalue weighted by Gasteiger charge is -2.11. The van der Waals surface area contributed by atoms with E-state index in [0.29, 0.717) is 0 Å². The molecule has 0 aliphatic rings. The lowest BCUT2D eigenvalue weighted by molar-refractivity contribution is 0.624. The third-order valence-electron chi connectivity index (χ3n) is 3.39. The number of benzene rings is 1. The molecule has 0 radical (unpaired) electrons. The van der Waals surface area contributed by atoms with Crippen LogP contribution in [-0.4, -0.2) is 31.1 Å². The maximum atomic E-state index is 13.1. The number of hydrogen-bond acceptors (Lipinski definition) is 3. The SMILES string of the molecule is CN=C(NCCCc1cccc(F)c1)NCCc1csc(C)n1. The van der Waals surface area contributed by atoms with Crippen molar-refractivity contribution in [3.8, 4) is 0 Å². The summed E-state index contributed by atoms with van der Waals surface area (Å²) in [6.45, 7) is 3.61. The topological polar surface area (TPSA) is 49.3 Å². The Morgan fingerprint density at radius 1 is 1.26 bits per heavy atom. The zero-order chi connectivity index (χ0) is 16.5. The average molecular weight is 334 g/mol. The van der Waals surface area contributed by atoms with Gasteiger partial charge in [0, 0.05) is 31.9 Å². The van der Waals surface area contributed by atoms with Crippen LogP contribution in [0.15, 0.2) is 34.6 Å². The average Bonchev–Trinajstić information content (AvgIpc) is 2.95. The molecule has 124 valence electrons. The van der Waals surface area contributed by atoms with Crippen LogP contribution in [0.25, 0.3) is 0 Å². The lowest BCUT2D eigenvalue weighted by atomic mass is 10.1. The molecule has 0 unspecified atom stereocenters. The van der Waals surface area contributed by atoms with Crippen LogP contribution in [0.1, 0.15) is 22.7 Å². The molecule has 0 spiro atoms. The number of rotatable bonds is 7. The molecule has 0 saturated heterocycles. The third kappa shape index (κ3) is 6.36. The zero-order valence-corrected chi connectivity index (χ0v) is 14.4. The van der Waals surface area contributed by atoms with E-state index in [4.69, 9.17) is 0 Å². The summed E-state index contributed by atoms with van der Waals surface area (Å²) in [7, 11) is 1.76. The maximum absolute atomic E-state index is 13.1. The molecule has 0 aliphatic carbocycles. The van der Waals surface area contributed by atoms with Crippen molar-refractivity contribution in [3.05, 3.63) is 51.7 Å². The number of aryl methyl sites for hydroxylation is 2. The molecule has 1 heterocycles. The first-order valence-corrected chi connectivity index (χ1v) is 8.65. The second kappa shape index (κ2) is 9.25. The second-order valence-corrected chi connectivity index (χ2v) is 6.33. The Morgan fingerprint density at radius 2 is 2.09 bits per heavy atom. The van der Waals surface area contributed by atoms with Crippen LogP contribution in [0.2, 0.25) is 0 Å². The molecule has 0 atom stereocenters. The van der Waals surface area contributed by atoms with Crippen LogP contribution in [0.3, 0.4) is 0 Å². The highest BCUT2D eigenvalue weighted by Gasteiger charge is 2.01. The highest BCUT2D eigenvalue weighted by molar-refractivity contribution is 7.09. The minimum absolute atomic E-state index is 0.176. The van der Waals surface area contributed by atoms with Gasteiger partial charge in [0.05, 0.1) is 10.7 Å². The zero-order valence-electron chi connectivity index (χ0n) is 13.6. The van der Waals surface area contributed by atoms with Crippen molar-refractivity contribution in [1.29, 1.82) is 0 Å². The number of nitrogens with zero attached hydrogens (tertiary/aromatic N) is 2. The number of thiazole rings is 1. The van der Waals surface area contributed by atoms with Gasteiger partial charge in [-0.05, 0) is 37.5 Å². The number of hydrogen-bond donors (Lipinski definition) is 2. The monoisotopic (exact) mass is 334 g/mol. The molecule has 1 aromatic carbocycles. The molecule has 2 N–H and O–H groups in total. The van der Waals surface area contributed by atoms with Gasteiger partial charge in [-0.25, -0.2) is 9.37 Å². The van der Waals surface area contributed by atoms with Crippen molar-refractivity contribution in [1.82, 2.24) is 15.6 Å². The van der Waals surface area contributed by atoms with E-state index in [9.17, 15) is 4.39 Å². The molecule has 2 rings (SSSR count). The Labute approximate surface area is 140 Å². The fourth-order valence-electron chi connectivity index (χ4n) is 2.24. The Kier molecular flexibility index (Phi) is 7.00. The number of aromatic nitrogens is 1. The smallest absolute Gasteiger partial charge is 0.190 e. The largest absolute Gasteiger partial charge is 0.356 e. The van der Waals surface area contributed by atoms with Crippen molar-refractivity contribution in [3.63, 3.8) is 0 Å². The molecule has 23 heavy (non-hydrogen) atoms. The van der Waals surface area contributed by atoms with Gasteiger partial charge in [-0.1, -0.05) is 12.1 Å². The van der Waals surface area contributed by atoms with Crippen LogP contribution in [0, 0.1) is 12.7 Å². The van der Waals surface area contributed by atoms with Crippen LogP contribution in [0.4, 0.5) is 4.39 Å². The van der Waals surface area contributed by atoms with E-state index in [1.807, 2.05) is 13.0 Å². The van der Waals surface area contributed by atoms with E-state index < -0.39 is 0 Å². The molecule has 0 saturated carbocycles. The normalized spacial score (nSPS) is 11.5. The van der Waals surface area contributed by atoms with Gasteiger partial charge in [0.2, 0.25) is 0 Å². The fraction of sp³-hybridized carbons (Fsp3) is 0.412. The van der Waals surface area contributed by atoms with Crippen molar-refractivity contribution in [2.24, 2.45) is 4.99 Å². The van der Waals surface area contributed by atoms with Gasteiger partial charge < -0.3 is 10.6 Å². The van der Waals surface area contributed by atoms with Crippen LogP contribution in [0.5, 0.6) is 0 Å². The summed E-state index contributed by atoms with van der Waals surface area (Å²) in [6, 6.07) is 6.75. The van der Waals surface area contributed by atoms with Gasteiger partial charge in [-0.3, -0.25) is 4.99 Å². The van der Waals surface area contributed by atoms with Gasteiger partial charge in [-0.2, -0.15) is 0 Å². The van der Waals surface area contributed by atoms with Crippen molar-refractivity contribution >= 4 is 17.3 Å². The van der Waals surface area contributed by atoms with Gasteiger partial charge in [0.1, 0.15) is 5.82 Å². The quantitative estimate of drug-likeness (QED) is 0.465. The van der Waals surface area contributed by atoms with Crippen molar-refractivity contribution < 1.29 is 4.39 Å². The first-order chi connectivity index (χ1) is 11.2. The van der Waals surface area contributed by atoms with Gasteiger partial charge in [0.15, 0.2) is 5.96 Å². The first kappa shape index (κ1) is 17.4. The van der Waals surface area contributed by atoms with E-state index >= 15 is 0 Å². The molecular formula is C17H23FN4S. The van der Waals surface area contributed by atoms with Crippen molar-refractivity contribution in [2.45, 2.75) is 26.2 Å². The summed E-state index contributed by atoms with van der Waals surface area (Å²) in [4.78, 5) is 8.64. The summed E-state index contributed by atoms with van der Waals surface area (Å²) in [6.07, 6.45) is 2.66. The molecule has 6 heteroatoms. The van der Waals surface area contributed by atoms with Crippen LogP contribution < -0.4 is 10.6 Å². The Bertz CT molecular complexity index is 639. The van der Waals surface area contributed by atoms with Crippen molar-refractivity contribution in [2.75, 3.05) is 20.1 Å². The molecule has 4 nitrogen and oxygen atoms in total. The minimum atomic E-state index is -0.176. The van der Waals surface area contributed by atoms with Gasteiger partial charge in [0.25, 0.3) is 0 Å². The number of halogens is 1. The molecule has 0 amide bonds. The molecule has 0 bridgehead atoms. The Hall–Kier alpha value is -1.95. The molecule has 2 aromatic rings. The number of nitrogens with one attached hydrogen (secondary N) is 2. The summed E-state index contributed by atoms with van der Waals surface area (Å²) >= 11 is 1.67. The van der Waals surface area contributed by atoms with E-state index in [1.54, 1.807) is 30.5 Å². The highest BCUT2D eigenvalue weighted by atomic mass is 32.1. The number of guanidine groups is 1. The Balaban J connectivity index is 1.63. The van der Waals surface area contributed by atoms with Crippen LogP contribution >= 0.6 is 11.3 Å². The standard InChI is InChI=1S/C17H23FN4S/c1-13-22-16(12-23-13)8-10-21-17(19-2)20-9-4-6-14-5-3-7-15(18)11-14/h3,5,7,11-12H,4,6,8-10H2,1-2H3,(H2,19,20,21). The maximum Gasteiger partial charge on any atom is 0.190 e. The van der Waals surface area contributed by atoms with E-state index in [0.717, 1.165) is 54.6 Å². The van der Waals surface area contributed by atoms with Gasteiger partial charge in [-0.15, -0.1) is 11.3 Å². The molecular weight excluding hydrogens is 311 g/mol. The summed E-state index contributed by atoms with van der Waals surface area (Å²) < 4.78 is 13.1. The Morgan fingerprint density at radius 3 is 2.78 bits per heavy atom. The third-order valence-corrected chi connectivity index (χ3v) is 4.21. The number of aliphatic imine (C=N–C) groups is 1. The molecule has 0 fully saturated rings. The van der Waals surface area contributed by atoms with Gasteiger partial charge >= 0.3 is 0 Å².